The van der Waals surface area contributed by atoms with Gasteiger partial charge in [0, 0.05) is 12.6 Å². The van der Waals surface area contributed by atoms with Crippen LogP contribution in [0.15, 0.2) is 66.7 Å². The first-order valence-corrected chi connectivity index (χ1v) is 7.40. The van der Waals surface area contributed by atoms with E-state index >= 15 is 0 Å². The molecule has 4 heteroatoms. The van der Waals surface area contributed by atoms with Gasteiger partial charge >= 0.3 is 5.97 Å². The van der Waals surface area contributed by atoms with E-state index in [1.54, 1.807) is 13.2 Å². The van der Waals surface area contributed by atoms with E-state index in [2.05, 4.69) is 22.2 Å². The van der Waals surface area contributed by atoms with Gasteiger partial charge in [0.15, 0.2) is 0 Å². The second-order valence-corrected chi connectivity index (χ2v) is 5.00. The zero-order valence-corrected chi connectivity index (χ0v) is 13.4. The highest BCUT2D eigenvalue weighted by Crippen LogP contribution is 2.19. The van der Waals surface area contributed by atoms with Crippen molar-refractivity contribution in [2.24, 2.45) is 0 Å². The minimum Gasteiger partial charge on any atom is -0.497 e. The van der Waals surface area contributed by atoms with E-state index in [-0.39, 0.29) is 12.0 Å². The van der Waals surface area contributed by atoms with Crippen LogP contribution in [-0.2, 0) is 16.1 Å². The van der Waals surface area contributed by atoms with Gasteiger partial charge in [-0.05, 0) is 23.3 Å². The molecule has 0 bridgehead atoms. The fraction of sp³-hybridized carbons (Fsp3) is 0.211. The average molecular weight is 311 g/mol. The topological polar surface area (TPSA) is 47.6 Å². The van der Waals surface area contributed by atoms with Gasteiger partial charge in [0.2, 0.25) is 0 Å². The third kappa shape index (κ3) is 5.27. The second-order valence-electron chi connectivity index (χ2n) is 5.00. The van der Waals surface area contributed by atoms with Crippen LogP contribution in [0.1, 0.15) is 17.2 Å². The summed E-state index contributed by atoms with van der Waals surface area (Å²) in [4.78, 5) is 11.4. The van der Waals surface area contributed by atoms with Crippen LogP contribution in [0.4, 0.5) is 0 Å². The van der Waals surface area contributed by atoms with Crippen LogP contribution >= 0.6 is 0 Å². The summed E-state index contributed by atoms with van der Waals surface area (Å²) >= 11 is 0. The normalized spacial score (nSPS) is 12.1. The van der Waals surface area contributed by atoms with Crippen molar-refractivity contribution in [1.29, 1.82) is 0 Å². The molecule has 0 saturated carbocycles. The van der Waals surface area contributed by atoms with Gasteiger partial charge < -0.3 is 14.8 Å². The summed E-state index contributed by atoms with van der Waals surface area (Å²) in [5.74, 6) is 0.428. The van der Waals surface area contributed by atoms with Gasteiger partial charge in [-0.15, -0.1) is 0 Å². The molecule has 2 aromatic carbocycles. The number of esters is 1. The first kappa shape index (κ1) is 16.8. The van der Waals surface area contributed by atoms with Crippen LogP contribution in [-0.4, -0.2) is 20.2 Å². The lowest BCUT2D eigenvalue weighted by Gasteiger charge is -2.16. The lowest BCUT2D eigenvalue weighted by atomic mass is 10.1. The van der Waals surface area contributed by atoms with E-state index in [9.17, 15) is 4.79 Å². The predicted molar refractivity (Wildman–Crippen MR) is 90.2 cm³/mol. The fourth-order valence-corrected chi connectivity index (χ4v) is 2.17. The van der Waals surface area contributed by atoms with Crippen molar-refractivity contribution in [2.45, 2.75) is 12.6 Å². The summed E-state index contributed by atoms with van der Waals surface area (Å²) in [6.07, 6.45) is 3.24. The maximum Gasteiger partial charge on any atom is 0.330 e. The standard InChI is InChI=1S/C19H21NO3/c1-22-17-10-8-16(9-11-17)18(12-13-19(21)23-2)20-14-15-6-4-3-5-7-15/h3-13,18,20H,14H2,1-2H3/b13-12+/t18-/m1/s1. The highest BCUT2D eigenvalue weighted by Gasteiger charge is 2.09. The molecule has 1 N–H and O–H groups in total. The molecule has 0 fully saturated rings. The molecule has 1 atom stereocenters. The van der Waals surface area contributed by atoms with Crippen molar-refractivity contribution in [3.63, 3.8) is 0 Å². The number of carbonyl (C=O) groups is 1. The average Bonchev–Trinajstić information content (AvgIpc) is 2.62. The summed E-state index contributed by atoms with van der Waals surface area (Å²) in [7, 11) is 3.00. The molecule has 0 unspecified atom stereocenters. The van der Waals surface area contributed by atoms with Crippen molar-refractivity contribution < 1.29 is 14.3 Å². The maximum atomic E-state index is 11.4. The van der Waals surface area contributed by atoms with Crippen LogP contribution in [0.25, 0.3) is 0 Å². The molecule has 0 aliphatic carbocycles. The Kier molecular flexibility index (Phi) is 6.39. The molecule has 0 aliphatic heterocycles. The molecule has 2 aromatic rings. The predicted octanol–water partition coefficient (Wildman–Crippen LogP) is 3.26. The third-order valence-corrected chi connectivity index (χ3v) is 3.47. The lowest BCUT2D eigenvalue weighted by molar-refractivity contribution is -0.134. The van der Waals surface area contributed by atoms with E-state index in [0.29, 0.717) is 6.54 Å². The summed E-state index contributed by atoms with van der Waals surface area (Å²) in [6.45, 7) is 0.697. The van der Waals surface area contributed by atoms with Gasteiger partial charge in [0.1, 0.15) is 5.75 Å². The van der Waals surface area contributed by atoms with Crippen molar-refractivity contribution >= 4 is 5.97 Å². The van der Waals surface area contributed by atoms with Gasteiger partial charge in [-0.1, -0.05) is 48.5 Å². The van der Waals surface area contributed by atoms with E-state index in [0.717, 1.165) is 11.3 Å². The van der Waals surface area contributed by atoms with Gasteiger partial charge in [0.25, 0.3) is 0 Å². The molecule has 4 nitrogen and oxygen atoms in total. The van der Waals surface area contributed by atoms with E-state index in [4.69, 9.17) is 4.74 Å². The summed E-state index contributed by atoms with van der Waals surface area (Å²) in [6, 6.07) is 17.8. The quantitative estimate of drug-likeness (QED) is 0.630. The molecule has 120 valence electrons. The number of benzene rings is 2. The largest absolute Gasteiger partial charge is 0.497 e. The fourth-order valence-electron chi connectivity index (χ4n) is 2.17. The second kappa shape index (κ2) is 8.76. The highest BCUT2D eigenvalue weighted by molar-refractivity contribution is 5.81. The van der Waals surface area contributed by atoms with E-state index in [1.165, 1.54) is 18.7 Å². The number of ether oxygens (including phenoxy) is 2. The molecule has 0 radical (unpaired) electrons. The Morgan fingerprint density at radius 2 is 1.78 bits per heavy atom. The lowest BCUT2D eigenvalue weighted by Crippen LogP contribution is -2.19. The monoisotopic (exact) mass is 311 g/mol. The van der Waals surface area contributed by atoms with Crippen molar-refractivity contribution in [3.05, 3.63) is 77.9 Å². The molecule has 0 heterocycles. The number of hydrogen-bond acceptors (Lipinski definition) is 4. The van der Waals surface area contributed by atoms with Crippen molar-refractivity contribution in [3.8, 4) is 5.75 Å². The number of carbonyl (C=O) groups excluding carboxylic acids is 1. The minimum atomic E-state index is -0.370. The van der Waals surface area contributed by atoms with Crippen LogP contribution in [0.3, 0.4) is 0 Å². The van der Waals surface area contributed by atoms with Crippen molar-refractivity contribution in [1.82, 2.24) is 5.32 Å². The SMILES string of the molecule is COC(=O)/C=C/[C@@H](NCc1ccccc1)c1ccc(OC)cc1. The zero-order chi connectivity index (χ0) is 16.5. The number of hydrogen-bond donors (Lipinski definition) is 1. The molecule has 0 aliphatic rings. The maximum absolute atomic E-state index is 11.4. The van der Waals surface area contributed by atoms with Gasteiger partial charge in [-0.3, -0.25) is 0 Å². The smallest absolute Gasteiger partial charge is 0.330 e. The van der Waals surface area contributed by atoms with Gasteiger partial charge in [0.05, 0.1) is 20.3 Å². The molecular formula is C19H21NO3. The number of methoxy groups -OCH3 is 2. The van der Waals surface area contributed by atoms with Crippen LogP contribution in [0.5, 0.6) is 5.75 Å². The molecule has 23 heavy (non-hydrogen) atoms. The summed E-state index contributed by atoms with van der Waals surface area (Å²) in [5.41, 5.74) is 2.22. The molecule has 0 amide bonds. The van der Waals surface area contributed by atoms with E-state index < -0.39 is 0 Å². The van der Waals surface area contributed by atoms with Crippen LogP contribution in [0.2, 0.25) is 0 Å². The number of rotatable bonds is 7. The Morgan fingerprint density at radius 1 is 1.09 bits per heavy atom. The van der Waals surface area contributed by atoms with Gasteiger partial charge in [-0.25, -0.2) is 4.79 Å². The molecule has 0 spiro atoms. The molecule has 0 saturated heterocycles. The highest BCUT2D eigenvalue weighted by atomic mass is 16.5. The zero-order valence-electron chi connectivity index (χ0n) is 13.4. The molecule has 2 rings (SSSR count). The first-order chi connectivity index (χ1) is 11.2. The van der Waals surface area contributed by atoms with Crippen LogP contribution < -0.4 is 10.1 Å². The van der Waals surface area contributed by atoms with Crippen LogP contribution in [0, 0.1) is 0 Å². The Bertz CT molecular complexity index is 635. The Morgan fingerprint density at radius 3 is 2.39 bits per heavy atom. The molecular weight excluding hydrogens is 290 g/mol. The Labute approximate surface area is 136 Å². The van der Waals surface area contributed by atoms with Crippen molar-refractivity contribution in [2.75, 3.05) is 14.2 Å². The third-order valence-electron chi connectivity index (χ3n) is 3.47. The summed E-state index contributed by atoms with van der Waals surface area (Å²) < 4.78 is 9.84. The Balaban J connectivity index is 2.13. The first-order valence-electron chi connectivity index (χ1n) is 7.40. The Hall–Kier alpha value is -2.59. The number of nitrogens with one attached hydrogen (secondary N) is 1. The van der Waals surface area contributed by atoms with Gasteiger partial charge in [-0.2, -0.15) is 0 Å². The summed E-state index contributed by atoms with van der Waals surface area (Å²) in [5, 5.41) is 3.43. The van der Waals surface area contributed by atoms with E-state index in [1.807, 2.05) is 42.5 Å². The minimum absolute atomic E-state index is 0.0970. The molecule has 0 aromatic heterocycles.